The predicted molar refractivity (Wildman–Crippen MR) is 93.9 cm³/mol. The largest absolute Gasteiger partial charge is 0.464 e. The molecule has 140 valence electrons. The topological polar surface area (TPSA) is 88.7 Å². The molecule has 1 rings (SSSR count). The number of carbonyl (C=O) groups is 3. The number of nitrogens with zero attached hydrogens (tertiary/aromatic N) is 1. The Morgan fingerprint density at radius 2 is 1.88 bits per heavy atom. The molecule has 0 bridgehead atoms. The Labute approximate surface area is 148 Å². The van der Waals surface area contributed by atoms with Crippen LogP contribution in [-0.4, -0.2) is 60.5 Å². The van der Waals surface area contributed by atoms with Crippen LogP contribution in [0.25, 0.3) is 0 Å². The molecule has 0 fully saturated rings. The lowest BCUT2D eigenvalue weighted by atomic mass is 9.99. The number of ketones is 1. The van der Waals surface area contributed by atoms with E-state index in [1.165, 1.54) is 18.9 Å². The van der Waals surface area contributed by atoms with Gasteiger partial charge in [0, 0.05) is 37.9 Å². The van der Waals surface area contributed by atoms with Gasteiger partial charge in [-0.1, -0.05) is 0 Å². The van der Waals surface area contributed by atoms with Gasteiger partial charge in [-0.3, -0.25) is 9.59 Å². The molecule has 7 heteroatoms. The first-order chi connectivity index (χ1) is 11.8. The van der Waals surface area contributed by atoms with Crippen LogP contribution in [0.2, 0.25) is 0 Å². The fourth-order valence-electron chi connectivity index (χ4n) is 2.88. The lowest BCUT2D eigenvalue weighted by molar-refractivity contribution is -0.130. The van der Waals surface area contributed by atoms with Gasteiger partial charge >= 0.3 is 5.97 Å². The third-order valence-corrected chi connectivity index (χ3v) is 4.22. The molecular weight excluding hydrogens is 324 g/mol. The zero-order chi connectivity index (χ0) is 19.1. The van der Waals surface area contributed by atoms with Crippen LogP contribution >= 0.6 is 0 Å². The maximum atomic E-state index is 12.9. The average molecular weight is 352 g/mol. The number of amides is 1. The summed E-state index contributed by atoms with van der Waals surface area (Å²) in [7, 11) is 1.29. The van der Waals surface area contributed by atoms with Crippen molar-refractivity contribution in [3.8, 4) is 0 Å². The van der Waals surface area contributed by atoms with E-state index in [2.05, 4.69) is 4.98 Å². The quantitative estimate of drug-likeness (QED) is 0.418. The third-order valence-electron chi connectivity index (χ3n) is 4.22. The van der Waals surface area contributed by atoms with Crippen LogP contribution < -0.4 is 0 Å². The SMILES string of the molecule is CCOCCCN(C(C)=O)[C@H](C)C(=O)c1c(C)[nH]c(C(=O)OC)c1C. The summed E-state index contributed by atoms with van der Waals surface area (Å²) in [6, 6.07) is -0.627. The first-order valence-corrected chi connectivity index (χ1v) is 8.42. The molecule has 0 radical (unpaired) electrons. The van der Waals surface area contributed by atoms with E-state index in [1.807, 2.05) is 6.92 Å². The highest BCUT2D eigenvalue weighted by Crippen LogP contribution is 2.22. The van der Waals surface area contributed by atoms with Gasteiger partial charge in [-0.05, 0) is 39.7 Å². The summed E-state index contributed by atoms with van der Waals surface area (Å²) in [5, 5.41) is 0. The van der Waals surface area contributed by atoms with Gasteiger partial charge in [-0.2, -0.15) is 0 Å². The van der Waals surface area contributed by atoms with Crippen LogP contribution in [0.15, 0.2) is 0 Å². The number of aromatic nitrogens is 1. The molecule has 0 spiro atoms. The van der Waals surface area contributed by atoms with Crippen molar-refractivity contribution in [3.63, 3.8) is 0 Å². The number of esters is 1. The van der Waals surface area contributed by atoms with Crippen LogP contribution in [0, 0.1) is 13.8 Å². The van der Waals surface area contributed by atoms with E-state index in [-0.39, 0.29) is 17.4 Å². The fourth-order valence-corrected chi connectivity index (χ4v) is 2.88. The minimum absolute atomic E-state index is 0.170. The van der Waals surface area contributed by atoms with Gasteiger partial charge in [-0.25, -0.2) is 4.79 Å². The van der Waals surface area contributed by atoms with Crippen LogP contribution in [-0.2, 0) is 14.3 Å². The molecule has 0 aliphatic heterocycles. The normalized spacial score (nSPS) is 11.9. The van der Waals surface area contributed by atoms with Crippen molar-refractivity contribution in [3.05, 3.63) is 22.5 Å². The number of nitrogens with one attached hydrogen (secondary N) is 1. The summed E-state index contributed by atoms with van der Waals surface area (Å²) < 4.78 is 10.0. The van der Waals surface area contributed by atoms with Gasteiger partial charge in [0.25, 0.3) is 0 Å². The molecule has 1 aromatic rings. The zero-order valence-electron chi connectivity index (χ0n) is 15.9. The Hall–Kier alpha value is -2.15. The second kappa shape index (κ2) is 9.36. The average Bonchev–Trinajstić information content (AvgIpc) is 2.87. The van der Waals surface area contributed by atoms with Crippen molar-refractivity contribution in [2.75, 3.05) is 26.9 Å². The van der Waals surface area contributed by atoms with Crippen molar-refractivity contribution < 1.29 is 23.9 Å². The van der Waals surface area contributed by atoms with E-state index in [4.69, 9.17) is 9.47 Å². The maximum absolute atomic E-state index is 12.9. The molecule has 0 unspecified atom stereocenters. The van der Waals surface area contributed by atoms with E-state index in [9.17, 15) is 14.4 Å². The van der Waals surface area contributed by atoms with E-state index in [1.54, 1.807) is 20.8 Å². The highest BCUT2D eigenvalue weighted by molar-refractivity contribution is 6.06. The van der Waals surface area contributed by atoms with Crippen LogP contribution in [0.4, 0.5) is 0 Å². The van der Waals surface area contributed by atoms with Crippen molar-refractivity contribution in [2.24, 2.45) is 0 Å². The highest BCUT2D eigenvalue weighted by Gasteiger charge is 2.29. The molecule has 1 atom stereocenters. The molecule has 25 heavy (non-hydrogen) atoms. The Bertz CT molecular complexity index is 636. The minimum atomic E-state index is -0.627. The Morgan fingerprint density at radius 3 is 2.40 bits per heavy atom. The Balaban J connectivity index is 3.01. The number of H-pyrrole nitrogens is 1. The third kappa shape index (κ3) is 4.92. The lowest BCUT2D eigenvalue weighted by Gasteiger charge is -2.27. The fraction of sp³-hybridized carbons (Fsp3) is 0.611. The zero-order valence-corrected chi connectivity index (χ0v) is 15.9. The van der Waals surface area contributed by atoms with Gasteiger partial charge in [0.05, 0.1) is 13.2 Å². The molecule has 0 saturated carbocycles. The standard InChI is InChI=1S/C18H28N2O5/c1-7-25-10-8-9-20(14(5)21)13(4)17(22)15-11(2)16(18(23)24-6)19-12(15)3/h13,19H,7-10H2,1-6H3/t13-/m1/s1. The smallest absolute Gasteiger partial charge is 0.354 e. The molecule has 1 aromatic heterocycles. The summed E-state index contributed by atoms with van der Waals surface area (Å²) in [4.78, 5) is 41.1. The number of hydrogen-bond acceptors (Lipinski definition) is 5. The molecular formula is C18H28N2O5. The van der Waals surface area contributed by atoms with Crippen LogP contribution in [0.5, 0.6) is 0 Å². The first-order valence-electron chi connectivity index (χ1n) is 8.42. The lowest BCUT2D eigenvalue weighted by Crippen LogP contribution is -2.43. The summed E-state index contributed by atoms with van der Waals surface area (Å²) in [5.74, 6) is -0.892. The maximum Gasteiger partial charge on any atom is 0.354 e. The molecule has 7 nitrogen and oxygen atoms in total. The van der Waals surface area contributed by atoms with Gasteiger partial charge in [0.2, 0.25) is 5.91 Å². The number of carbonyl (C=O) groups excluding carboxylic acids is 3. The number of hydrogen-bond donors (Lipinski definition) is 1. The molecule has 1 N–H and O–H groups in total. The Kier molecular flexibility index (Phi) is 7.83. The minimum Gasteiger partial charge on any atom is -0.464 e. The van der Waals surface area contributed by atoms with Crippen molar-refractivity contribution in [1.82, 2.24) is 9.88 Å². The van der Waals surface area contributed by atoms with E-state index >= 15 is 0 Å². The van der Waals surface area contributed by atoms with Crippen LogP contribution in [0.3, 0.4) is 0 Å². The number of Topliss-reactive ketones (excluding diaryl/α,β-unsaturated/α-hetero) is 1. The first kappa shape index (κ1) is 20.9. The van der Waals surface area contributed by atoms with Crippen molar-refractivity contribution in [1.29, 1.82) is 0 Å². The van der Waals surface area contributed by atoms with Gasteiger partial charge in [0.15, 0.2) is 5.78 Å². The molecule has 1 heterocycles. The number of aromatic amines is 1. The summed E-state index contributed by atoms with van der Waals surface area (Å²) in [5.41, 5.74) is 1.83. The van der Waals surface area contributed by atoms with Gasteiger partial charge < -0.3 is 19.4 Å². The number of aryl methyl sites for hydroxylation is 1. The molecule has 0 aromatic carbocycles. The van der Waals surface area contributed by atoms with E-state index < -0.39 is 12.0 Å². The van der Waals surface area contributed by atoms with E-state index in [0.29, 0.717) is 43.0 Å². The predicted octanol–water partition coefficient (Wildman–Crippen LogP) is 2.26. The van der Waals surface area contributed by atoms with Crippen LogP contribution in [0.1, 0.15) is 59.3 Å². The van der Waals surface area contributed by atoms with Crippen molar-refractivity contribution in [2.45, 2.75) is 47.1 Å². The number of methoxy groups -OCH3 is 1. The van der Waals surface area contributed by atoms with Gasteiger partial charge in [0.1, 0.15) is 5.69 Å². The van der Waals surface area contributed by atoms with Crippen molar-refractivity contribution >= 4 is 17.7 Å². The highest BCUT2D eigenvalue weighted by atomic mass is 16.5. The second-order valence-electron chi connectivity index (χ2n) is 5.92. The summed E-state index contributed by atoms with van der Waals surface area (Å²) in [6.07, 6.45) is 0.656. The number of rotatable bonds is 9. The molecule has 1 amide bonds. The number of ether oxygens (including phenoxy) is 2. The van der Waals surface area contributed by atoms with Gasteiger partial charge in [-0.15, -0.1) is 0 Å². The molecule has 0 saturated heterocycles. The summed E-state index contributed by atoms with van der Waals surface area (Å²) in [6.45, 7) is 10.1. The summed E-state index contributed by atoms with van der Waals surface area (Å²) >= 11 is 0. The second-order valence-corrected chi connectivity index (χ2v) is 5.92. The molecule has 0 aliphatic rings. The Morgan fingerprint density at radius 1 is 1.24 bits per heavy atom. The molecule has 0 aliphatic carbocycles. The van der Waals surface area contributed by atoms with E-state index in [0.717, 1.165) is 0 Å². The monoisotopic (exact) mass is 352 g/mol.